The van der Waals surface area contributed by atoms with Crippen molar-refractivity contribution in [2.45, 2.75) is 56.1 Å². The summed E-state index contributed by atoms with van der Waals surface area (Å²) in [6, 6.07) is 15.2. The van der Waals surface area contributed by atoms with Gasteiger partial charge < -0.3 is 10.3 Å². The molecule has 1 saturated heterocycles. The normalized spacial score (nSPS) is 17.4. The number of H-pyrrole nitrogens is 1. The lowest BCUT2D eigenvalue weighted by Crippen LogP contribution is -2.26. The van der Waals surface area contributed by atoms with Gasteiger partial charge in [-0.15, -0.1) is 0 Å². The van der Waals surface area contributed by atoms with E-state index in [9.17, 15) is 0 Å². The standard InChI is InChI=1S/C23H29ClN4S/c1-3-18(4-2)29-23-26-21-12-19(24)20(13-22(21)27-23)25-17-10-11-28(15-17)14-16-8-6-5-7-9-16/h5-9,12-13,17-18,25H,3-4,10-11,14-15H2,1-2H3,(H,26,27). The van der Waals surface area contributed by atoms with Crippen LogP contribution >= 0.6 is 23.4 Å². The van der Waals surface area contributed by atoms with Gasteiger partial charge in [0.15, 0.2) is 5.16 Å². The third-order valence-corrected chi connectivity index (χ3v) is 7.35. The molecule has 4 nitrogen and oxygen atoms in total. The smallest absolute Gasteiger partial charge is 0.166 e. The number of nitrogens with one attached hydrogen (secondary N) is 2. The molecule has 1 aliphatic rings. The third-order valence-electron chi connectivity index (χ3n) is 5.62. The van der Waals surface area contributed by atoms with Crippen LogP contribution in [0.2, 0.25) is 5.02 Å². The summed E-state index contributed by atoms with van der Waals surface area (Å²) in [5.41, 5.74) is 4.33. The minimum Gasteiger partial charge on any atom is -0.380 e. The van der Waals surface area contributed by atoms with Gasteiger partial charge in [0, 0.05) is 30.9 Å². The lowest BCUT2D eigenvalue weighted by atomic mass is 10.2. The molecule has 29 heavy (non-hydrogen) atoms. The van der Waals surface area contributed by atoms with Crippen LogP contribution in [-0.4, -0.2) is 39.2 Å². The maximum atomic E-state index is 6.59. The Balaban J connectivity index is 1.42. The molecule has 2 heterocycles. The Bertz CT molecular complexity index is 939. The maximum Gasteiger partial charge on any atom is 0.166 e. The second-order valence-electron chi connectivity index (χ2n) is 7.80. The van der Waals surface area contributed by atoms with Crippen LogP contribution in [-0.2, 0) is 6.54 Å². The number of benzene rings is 2. The molecule has 1 atom stereocenters. The number of halogens is 1. The molecule has 1 fully saturated rings. The predicted molar refractivity (Wildman–Crippen MR) is 125 cm³/mol. The van der Waals surface area contributed by atoms with Gasteiger partial charge in [-0.1, -0.05) is 67.5 Å². The van der Waals surface area contributed by atoms with Crippen molar-refractivity contribution in [2.75, 3.05) is 18.4 Å². The molecule has 3 aromatic rings. The van der Waals surface area contributed by atoms with Gasteiger partial charge in [-0.25, -0.2) is 4.98 Å². The summed E-state index contributed by atoms with van der Waals surface area (Å²) in [7, 11) is 0. The number of aromatic amines is 1. The van der Waals surface area contributed by atoms with Crippen LogP contribution in [0.1, 0.15) is 38.7 Å². The van der Waals surface area contributed by atoms with E-state index in [4.69, 9.17) is 16.6 Å². The quantitative estimate of drug-likeness (QED) is 0.420. The molecule has 154 valence electrons. The third kappa shape index (κ3) is 5.08. The van der Waals surface area contributed by atoms with Gasteiger partial charge in [0.1, 0.15) is 0 Å². The summed E-state index contributed by atoms with van der Waals surface area (Å²) < 4.78 is 0. The molecule has 6 heteroatoms. The van der Waals surface area contributed by atoms with Gasteiger partial charge in [0.05, 0.1) is 21.7 Å². The van der Waals surface area contributed by atoms with Gasteiger partial charge in [0.2, 0.25) is 0 Å². The topological polar surface area (TPSA) is 44.0 Å². The highest BCUT2D eigenvalue weighted by molar-refractivity contribution is 7.99. The second-order valence-corrected chi connectivity index (χ2v) is 9.49. The van der Waals surface area contributed by atoms with E-state index in [1.54, 1.807) is 0 Å². The van der Waals surface area contributed by atoms with Gasteiger partial charge in [0.25, 0.3) is 0 Å². The zero-order valence-corrected chi connectivity index (χ0v) is 18.7. The minimum absolute atomic E-state index is 0.408. The highest BCUT2D eigenvalue weighted by Gasteiger charge is 2.23. The Morgan fingerprint density at radius 1 is 1.24 bits per heavy atom. The van der Waals surface area contributed by atoms with Crippen molar-refractivity contribution in [1.82, 2.24) is 14.9 Å². The van der Waals surface area contributed by atoms with Crippen molar-refractivity contribution in [1.29, 1.82) is 0 Å². The van der Waals surface area contributed by atoms with Crippen molar-refractivity contribution in [3.05, 3.63) is 53.1 Å². The van der Waals surface area contributed by atoms with E-state index in [0.29, 0.717) is 11.3 Å². The Hall–Kier alpha value is -1.69. The molecule has 0 spiro atoms. The van der Waals surface area contributed by atoms with E-state index in [0.717, 1.165) is 65.8 Å². The lowest BCUT2D eigenvalue weighted by Gasteiger charge is -2.18. The second kappa shape index (κ2) is 9.41. The fraction of sp³-hybridized carbons (Fsp3) is 0.435. The van der Waals surface area contributed by atoms with Crippen LogP contribution < -0.4 is 5.32 Å². The monoisotopic (exact) mass is 428 g/mol. The number of anilines is 1. The number of hydrogen-bond donors (Lipinski definition) is 2. The molecular formula is C23H29ClN4S. The van der Waals surface area contributed by atoms with Crippen LogP contribution in [0.15, 0.2) is 47.6 Å². The molecule has 1 aromatic heterocycles. The summed E-state index contributed by atoms with van der Waals surface area (Å²) in [4.78, 5) is 10.7. The van der Waals surface area contributed by atoms with Crippen molar-refractivity contribution >= 4 is 40.1 Å². The molecule has 1 unspecified atom stereocenters. The van der Waals surface area contributed by atoms with E-state index in [2.05, 4.69) is 65.4 Å². The number of fused-ring (bicyclic) bond motifs is 1. The van der Waals surface area contributed by atoms with Crippen molar-refractivity contribution in [3.63, 3.8) is 0 Å². The van der Waals surface area contributed by atoms with E-state index < -0.39 is 0 Å². The van der Waals surface area contributed by atoms with Crippen molar-refractivity contribution in [2.24, 2.45) is 0 Å². The molecule has 0 radical (unpaired) electrons. The Labute approximate surface area is 182 Å². The first kappa shape index (κ1) is 20.6. The maximum absolute atomic E-state index is 6.59. The predicted octanol–water partition coefficient (Wildman–Crippen LogP) is 6.18. The first-order chi connectivity index (χ1) is 14.1. The molecule has 1 aliphatic heterocycles. The number of likely N-dealkylation sites (tertiary alicyclic amines) is 1. The molecule has 2 N–H and O–H groups in total. The summed E-state index contributed by atoms with van der Waals surface area (Å²) in [5, 5.41) is 5.99. The Kier molecular flexibility index (Phi) is 6.68. The van der Waals surface area contributed by atoms with Gasteiger partial charge in [-0.3, -0.25) is 4.90 Å². The van der Waals surface area contributed by atoms with Gasteiger partial charge in [-0.2, -0.15) is 0 Å². The number of hydrogen-bond acceptors (Lipinski definition) is 4. The van der Waals surface area contributed by atoms with Gasteiger partial charge >= 0.3 is 0 Å². The van der Waals surface area contributed by atoms with Crippen LogP contribution in [0.3, 0.4) is 0 Å². The largest absolute Gasteiger partial charge is 0.380 e. The summed E-state index contributed by atoms with van der Waals surface area (Å²) >= 11 is 8.41. The molecule has 0 aliphatic carbocycles. The zero-order valence-electron chi connectivity index (χ0n) is 17.1. The molecule has 2 aromatic carbocycles. The first-order valence-electron chi connectivity index (χ1n) is 10.5. The summed E-state index contributed by atoms with van der Waals surface area (Å²) in [6.07, 6.45) is 3.41. The summed E-state index contributed by atoms with van der Waals surface area (Å²) in [5.74, 6) is 0. The Morgan fingerprint density at radius 3 is 2.79 bits per heavy atom. The van der Waals surface area contributed by atoms with Crippen LogP contribution in [0.5, 0.6) is 0 Å². The molecule has 0 amide bonds. The van der Waals surface area contributed by atoms with Crippen LogP contribution in [0, 0.1) is 0 Å². The van der Waals surface area contributed by atoms with E-state index in [1.807, 2.05) is 17.8 Å². The average Bonchev–Trinajstić information content (AvgIpc) is 3.33. The average molecular weight is 429 g/mol. The highest BCUT2D eigenvalue weighted by Crippen LogP contribution is 2.32. The number of imidazole rings is 1. The minimum atomic E-state index is 0.408. The van der Waals surface area contributed by atoms with Gasteiger partial charge in [-0.05, 0) is 37.0 Å². The molecule has 0 bridgehead atoms. The SMILES string of the molecule is CCC(CC)Sc1nc2cc(NC3CCN(Cc4ccccc4)C3)c(Cl)cc2[nH]1. The first-order valence-corrected chi connectivity index (χ1v) is 11.8. The van der Waals surface area contributed by atoms with E-state index >= 15 is 0 Å². The van der Waals surface area contributed by atoms with E-state index in [-0.39, 0.29) is 0 Å². The van der Waals surface area contributed by atoms with Crippen LogP contribution in [0.4, 0.5) is 5.69 Å². The summed E-state index contributed by atoms with van der Waals surface area (Å²) in [6.45, 7) is 7.59. The number of rotatable bonds is 8. The fourth-order valence-corrected chi connectivity index (χ4v) is 5.13. The molecule has 4 rings (SSSR count). The number of aromatic nitrogens is 2. The van der Waals surface area contributed by atoms with Crippen molar-refractivity contribution < 1.29 is 0 Å². The lowest BCUT2D eigenvalue weighted by molar-refractivity contribution is 0.328. The van der Waals surface area contributed by atoms with Crippen molar-refractivity contribution in [3.8, 4) is 0 Å². The number of thioether (sulfide) groups is 1. The Morgan fingerprint density at radius 2 is 2.03 bits per heavy atom. The zero-order chi connectivity index (χ0) is 20.2. The fourth-order valence-electron chi connectivity index (χ4n) is 3.94. The van der Waals surface area contributed by atoms with E-state index in [1.165, 1.54) is 5.56 Å². The number of nitrogens with zero attached hydrogens (tertiary/aromatic N) is 2. The molecule has 0 saturated carbocycles. The van der Waals surface area contributed by atoms with Crippen LogP contribution in [0.25, 0.3) is 11.0 Å². The highest BCUT2D eigenvalue weighted by atomic mass is 35.5. The molecular weight excluding hydrogens is 400 g/mol.